The van der Waals surface area contributed by atoms with Gasteiger partial charge in [-0.25, -0.2) is 0 Å². The summed E-state index contributed by atoms with van der Waals surface area (Å²) in [6.45, 7) is 16.8. The molecule has 0 unspecified atom stereocenters. The highest BCUT2D eigenvalue weighted by atomic mass is 16.5. The summed E-state index contributed by atoms with van der Waals surface area (Å²) in [6.07, 6.45) is 0. The zero-order valence-corrected chi connectivity index (χ0v) is 27.2. The molecule has 0 amide bonds. The molecule has 0 fully saturated rings. The Labute approximate surface area is 251 Å². The van der Waals surface area contributed by atoms with Crippen molar-refractivity contribution in [3.63, 3.8) is 0 Å². The first kappa shape index (κ1) is 49.7. The van der Waals surface area contributed by atoms with Gasteiger partial charge in [0.2, 0.25) is 0 Å². The molecule has 0 spiro atoms. The van der Waals surface area contributed by atoms with Gasteiger partial charge in [0.1, 0.15) is 0 Å². The lowest BCUT2D eigenvalue weighted by Crippen LogP contribution is -1.93. The first-order valence-corrected chi connectivity index (χ1v) is 13.6. The van der Waals surface area contributed by atoms with Crippen molar-refractivity contribution < 1.29 is 9.47 Å². The Morgan fingerprint density at radius 1 is 0.275 bits per heavy atom. The van der Waals surface area contributed by atoms with Gasteiger partial charge < -0.3 is 9.47 Å². The monoisotopic (exact) mass is 552 g/mol. The van der Waals surface area contributed by atoms with Gasteiger partial charge in [0.25, 0.3) is 0 Å². The first-order valence-electron chi connectivity index (χ1n) is 13.6. The molecule has 0 aliphatic heterocycles. The Bertz CT molecular complexity index is 528. The molecule has 0 N–H and O–H groups in total. The maximum Gasteiger partial charge on any atom is 0.0351 e. The van der Waals surface area contributed by atoms with Crippen molar-refractivity contribution in [1.29, 1.82) is 0 Å². The lowest BCUT2D eigenvalue weighted by molar-refractivity contribution is 0.277. The summed E-state index contributed by atoms with van der Waals surface area (Å²) in [6, 6.07) is 48.0. The summed E-state index contributed by atoms with van der Waals surface area (Å²) in [7, 11) is 6.50. The summed E-state index contributed by atoms with van der Waals surface area (Å²) in [4.78, 5) is 0. The summed E-state index contributed by atoms with van der Waals surface area (Å²) in [5, 5.41) is 0. The largest absolute Gasteiger partial charge is 0.388 e. The molecule has 0 radical (unpaired) electrons. The van der Waals surface area contributed by atoms with Crippen LogP contribution in [0.1, 0.15) is 62.8 Å². The van der Waals surface area contributed by atoms with Crippen LogP contribution in [0.2, 0.25) is 0 Å². The summed E-state index contributed by atoms with van der Waals surface area (Å²) >= 11 is 0. The van der Waals surface area contributed by atoms with E-state index >= 15 is 0 Å². The lowest BCUT2D eigenvalue weighted by atomic mass is 10.0. The van der Waals surface area contributed by atoms with E-state index in [0.717, 1.165) is 0 Å². The van der Waals surface area contributed by atoms with Crippen molar-refractivity contribution in [2.45, 2.75) is 62.8 Å². The fraction of sp³-hybridized carbons (Fsp3) is 0.368. The average molecular weight is 553 g/mol. The van der Waals surface area contributed by atoms with Gasteiger partial charge in [0, 0.05) is 28.4 Å². The van der Waals surface area contributed by atoms with E-state index in [-0.39, 0.29) is 7.43 Å². The third kappa shape index (κ3) is 91.9. The molecule has 0 aromatic heterocycles. The highest BCUT2D eigenvalue weighted by molar-refractivity contribution is 5.00. The predicted octanol–water partition coefficient (Wildman–Crippen LogP) is 12.0. The van der Waals surface area contributed by atoms with Crippen molar-refractivity contribution in [2.24, 2.45) is 5.41 Å². The van der Waals surface area contributed by atoms with Gasteiger partial charge in [-0.05, 0) is 5.41 Å². The molecule has 0 atom stereocenters. The van der Waals surface area contributed by atoms with E-state index in [9.17, 15) is 0 Å². The minimum atomic E-state index is 0. The van der Waals surface area contributed by atoms with Gasteiger partial charge in [0.15, 0.2) is 0 Å². The summed E-state index contributed by atoms with van der Waals surface area (Å²) < 4.78 is 8.50. The van der Waals surface area contributed by atoms with Gasteiger partial charge in [-0.15, -0.1) is 0 Å². The van der Waals surface area contributed by atoms with E-state index in [1.165, 1.54) is 0 Å². The van der Waals surface area contributed by atoms with E-state index in [1.54, 1.807) is 28.4 Å². The van der Waals surface area contributed by atoms with Crippen LogP contribution in [-0.2, 0) is 9.47 Å². The second kappa shape index (κ2) is 52.3. The Hall–Kier alpha value is -3.20. The number of rotatable bonds is 0. The number of benzene rings is 4. The van der Waals surface area contributed by atoms with Crippen molar-refractivity contribution in [3.8, 4) is 0 Å². The summed E-state index contributed by atoms with van der Waals surface area (Å²) in [5.74, 6) is 0. The van der Waals surface area contributed by atoms with Crippen LogP contribution in [0.25, 0.3) is 0 Å². The second-order valence-electron chi connectivity index (χ2n) is 8.44. The van der Waals surface area contributed by atoms with Gasteiger partial charge in [-0.3, -0.25) is 0 Å². The minimum Gasteiger partial charge on any atom is -0.388 e. The highest BCUT2D eigenvalue weighted by Crippen LogP contribution is 2.08. The molecule has 4 rings (SSSR count). The first-order chi connectivity index (χ1) is 18.8. The zero-order chi connectivity index (χ0) is 30.9. The molecule has 0 aliphatic carbocycles. The number of hydrogen-bond acceptors (Lipinski definition) is 2. The van der Waals surface area contributed by atoms with Crippen molar-refractivity contribution in [1.82, 2.24) is 0 Å². The molecule has 0 aliphatic rings. The standard InChI is InChI=1S/4C6H6.C5H12.2C2H6O.2C2H6.CH4/c4*1-2-4-6-5-3-1;1-5(2,3)4;2*1-3-2;2*1-2;/h4*1-6H;1-4H3;2*1-2H3;2*1-2H3;1H4. The van der Waals surface area contributed by atoms with Crippen LogP contribution in [-0.4, -0.2) is 28.4 Å². The van der Waals surface area contributed by atoms with Crippen molar-refractivity contribution in [2.75, 3.05) is 28.4 Å². The highest BCUT2D eigenvalue weighted by Gasteiger charge is 1.95. The van der Waals surface area contributed by atoms with Gasteiger partial charge in [-0.2, -0.15) is 0 Å². The Kier molecular flexibility index (Phi) is 65.0. The lowest BCUT2D eigenvalue weighted by Gasteiger charge is -2.05. The molecule has 0 saturated heterocycles. The van der Waals surface area contributed by atoms with E-state index < -0.39 is 0 Å². The Balaban J connectivity index is -0.0000000834. The molecule has 0 heterocycles. The zero-order valence-electron chi connectivity index (χ0n) is 27.2. The van der Waals surface area contributed by atoms with Crippen LogP contribution in [0.5, 0.6) is 0 Å². The number of methoxy groups -OCH3 is 2. The molecule has 40 heavy (non-hydrogen) atoms. The van der Waals surface area contributed by atoms with Crippen LogP contribution >= 0.6 is 0 Å². The number of hydrogen-bond donors (Lipinski definition) is 0. The fourth-order valence-electron chi connectivity index (χ4n) is 1.54. The Morgan fingerprint density at radius 3 is 0.325 bits per heavy atom. The van der Waals surface area contributed by atoms with E-state index in [1.807, 2.05) is 173 Å². The smallest absolute Gasteiger partial charge is 0.0351 e. The maximum absolute atomic E-state index is 4.25. The SMILES string of the molecule is C.CC.CC.CC(C)(C)C.COC.COC.c1ccccc1.c1ccccc1.c1ccccc1.c1ccccc1. The topological polar surface area (TPSA) is 18.5 Å². The Morgan fingerprint density at radius 2 is 0.300 bits per heavy atom. The van der Waals surface area contributed by atoms with E-state index in [2.05, 4.69) is 37.2 Å². The minimum absolute atomic E-state index is 0. The normalized spacial score (nSPS) is 7.50. The quantitative estimate of drug-likeness (QED) is 0.216. The van der Waals surface area contributed by atoms with Crippen molar-refractivity contribution >= 4 is 0 Å². The fourth-order valence-corrected chi connectivity index (χ4v) is 1.54. The molecule has 4 aromatic rings. The molecule has 2 nitrogen and oxygen atoms in total. The van der Waals surface area contributed by atoms with Crippen LogP contribution in [0.15, 0.2) is 146 Å². The van der Waals surface area contributed by atoms with Gasteiger partial charge in [0.05, 0.1) is 0 Å². The van der Waals surface area contributed by atoms with E-state index in [4.69, 9.17) is 0 Å². The summed E-state index contributed by atoms with van der Waals surface area (Å²) in [5.41, 5.74) is 0.500. The molecular formula is C38H64O2. The van der Waals surface area contributed by atoms with Gasteiger partial charge >= 0.3 is 0 Å². The van der Waals surface area contributed by atoms with Gasteiger partial charge in [-0.1, -0.05) is 208 Å². The molecule has 0 bridgehead atoms. The van der Waals surface area contributed by atoms with Crippen LogP contribution < -0.4 is 0 Å². The van der Waals surface area contributed by atoms with Crippen LogP contribution in [0.4, 0.5) is 0 Å². The molecular weight excluding hydrogens is 488 g/mol. The predicted molar refractivity (Wildman–Crippen MR) is 186 cm³/mol. The maximum atomic E-state index is 4.25. The molecule has 228 valence electrons. The van der Waals surface area contributed by atoms with Crippen molar-refractivity contribution in [3.05, 3.63) is 146 Å². The average Bonchev–Trinajstić information content (AvgIpc) is 3.00. The molecule has 4 aromatic carbocycles. The van der Waals surface area contributed by atoms with Crippen LogP contribution in [0, 0.1) is 5.41 Å². The molecule has 0 saturated carbocycles. The van der Waals surface area contributed by atoms with E-state index in [0.29, 0.717) is 5.41 Å². The molecule has 2 heteroatoms. The number of ether oxygens (including phenoxy) is 2. The third-order valence-corrected chi connectivity index (χ3v) is 2.67. The third-order valence-electron chi connectivity index (χ3n) is 2.67. The second-order valence-corrected chi connectivity index (χ2v) is 8.44. The van der Waals surface area contributed by atoms with Crippen LogP contribution in [0.3, 0.4) is 0 Å².